The fraction of sp³-hybridized carbons (Fsp3) is 0.588. The van der Waals surface area contributed by atoms with Crippen molar-refractivity contribution in [2.45, 2.75) is 51.7 Å². The summed E-state index contributed by atoms with van der Waals surface area (Å²) in [4.78, 5) is 11.3. The van der Waals surface area contributed by atoms with Crippen LogP contribution in [0.4, 0.5) is 0 Å². The predicted octanol–water partition coefficient (Wildman–Crippen LogP) is 4.18. The second-order valence-corrected chi connectivity index (χ2v) is 11.6. The van der Waals surface area contributed by atoms with Crippen molar-refractivity contribution in [1.82, 2.24) is 0 Å². The fourth-order valence-electron chi connectivity index (χ4n) is 1.84. The van der Waals surface area contributed by atoms with Crippen LogP contribution >= 0.6 is 0 Å². The standard InChI is InChI=1S/C17H28O4Si/c1-17(2,3)22(6,7)21-14-10-8-9-13(16(14)20-5)11-12-15(18)19-4/h8-10H,11-12H2,1-7H3. The molecule has 0 saturated heterocycles. The average molecular weight is 324 g/mol. The highest BCUT2D eigenvalue weighted by atomic mass is 28.4. The SMILES string of the molecule is COC(=O)CCc1cccc(O[Si](C)(C)C(C)(C)C)c1OC. The van der Waals surface area contributed by atoms with E-state index in [1.807, 2.05) is 18.2 Å². The molecule has 1 rings (SSSR count). The molecule has 0 heterocycles. The smallest absolute Gasteiger partial charge is 0.305 e. The topological polar surface area (TPSA) is 44.8 Å². The summed E-state index contributed by atoms with van der Waals surface area (Å²) in [5, 5.41) is 0.111. The molecule has 0 aliphatic carbocycles. The normalized spacial score (nSPS) is 12.0. The molecule has 124 valence electrons. The number of esters is 1. The van der Waals surface area contributed by atoms with E-state index in [1.165, 1.54) is 7.11 Å². The molecule has 22 heavy (non-hydrogen) atoms. The van der Waals surface area contributed by atoms with E-state index in [2.05, 4.69) is 33.9 Å². The number of rotatable bonds is 6. The van der Waals surface area contributed by atoms with E-state index in [9.17, 15) is 4.79 Å². The van der Waals surface area contributed by atoms with Gasteiger partial charge in [0.25, 0.3) is 8.32 Å². The molecule has 0 fully saturated rings. The molecule has 0 radical (unpaired) electrons. The van der Waals surface area contributed by atoms with Gasteiger partial charge in [-0.05, 0) is 36.2 Å². The molecular weight excluding hydrogens is 296 g/mol. The number of benzene rings is 1. The summed E-state index contributed by atoms with van der Waals surface area (Å²) in [5.41, 5.74) is 0.962. The molecule has 0 N–H and O–H groups in total. The van der Waals surface area contributed by atoms with Crippen molar-refractivity contribution in [3.63, 3.8) is 0 Å². The Hall–Kier alpha value is -1.49. The molecule has 0 aromatic heterocycles. The lowest BCUT2D eigenvalue weighted by atomic mass is 10.1. The quantitative estimate of drug-likeness (QED) is 0.581. The van der Waals surface area contributed by atoms with Gasteiger partial charge in [-0.1, -0.05) is 32.9 Å². The first-order valence-corrected chi connectivity index (χ1v) is 10.4. The molecule has 4 nitrogen and oxygen atoms in total. The Morgan fingerprint density at radius 2 is 1.82 bits per heavy atom. The van der Waals surface area contributed by atoms with Gasteiger partial charge < -0.3 is 13.9 Å². The number of carbonyl (C=O) groups is 1. The largest absolute Gasteiger partial charge is 0.541 e. The number of para-hydroxylation sites is 1. The summed E-state index contributed by atoms with van der Waals surface area (Å²) < 4.78 is 16.6. The lowest BCUT2D eigenvalue weighted by Gasteiger charge is -2.37. The zero-order chi connectivity index (χ0) is 17.0. The predicted molar refractivity (Wildman–Crippen MR) is 91.2 cm³/mol. The summed E-state index contributed by atoms with van der Waals surface area (Å²) in [7, 11) is 1.09. The van der Waals surface area contributed by atoms with E-state index in [4.69, 9.17) is 13.9 Å². The minimum Gasteiger partial charge on any atom is -0.541 e. The van der Waals surface area contributed by atoms with Gasteiger partial charge in [0.1, 0.15) is 5.75 Å². The highest BCUT2D eigenvalue weighted by Gasteiger charge is 2.39. The van der Waals surface area contributed by atoms with Crippen LogP contribution in [0.25, 0.3) is 0 Å². The molecule has 0 aliphatic heterocycles. The average Bonchev–Trinajstić information content (AvgIpc) is 2.43. The number of carbonyl (C=O) groups excluding carboxylic acids is 1. The van der Waals surface area contributed by atoms with Crippen molar-refractivity contribution in [2.24, 2.45) is 0 Å². The van der Waals surface area contributed by atoms with Gasteiger partial charge in [0, 0.05) is 6.42 Å². The van der Waals surface area contributed by atoms with Crippen molar-refractivity contribution in [3.05, 3.63) is 23.8 Å². The van der Waals surface area contributed by atoms with Gasteiger partial charge in [-0.25, -0.2) is 0 Å². The summed E-state index contributed by atoms with van der Waals surface area (Å²) in [6.07, 6.45) is 0.904. The van der Waals surface area contributed by atoms with Crippen molar-refractivity contribution in [2.75, 3.05) is 14.2 Å². The van der Waals surface area contributed by atoms with Crippen LogP contribution < -0.4 is 9.16 Å². The molecular formula is C17H28O4Si. The van der Waals surface area contributed by atoms with Gasteiger partial charge in [0.2, 0.25) is 0 Å². The lowest BCUT2D eigenvalue weighted by molar-refractivity contribution is -0.140. The maximum absolute atomic E-state index is 11.3. The van der Waals surface area contributed by atoms with Crippen LogP contribution in [0.3, 0.4) is 0 Å². The van der Waals surface area contributed by atoms with Crippen molar-refractivity contribution in [1.29, 1.82) is 0 Å². The number of hydrogen-bond acceptors (Lipinski definition) is 4. The maximum Gasteiger partial charge on any atom is 0.305 e. The number of methoxy groups -OCH3 is 2. The third-order valence-electron chi connectivity index (χ3n) is 4.26. The van der Waals surface area contributed by atoms with Crippen LogP contribution in [-0.2, 0) is 16.0 Å². The third-order valence-corrected chi connectivity index (χ3v) is 8.60. The molecule has 0 unspecified atom stereocenters. The molecule has 0 amide bonds. The van der Waals surface area contributed by atoms with Gasteiger partial charge >= 0.3 is 5.97 Å². The minimum atomic E-state index is -1.94. The zero-order valence-electron chi connectivity index (χ0n) is 14.8. The van der Waals surface area contributed by atoms with Crippen LogP contribution in [-0.4, -0.2) is 28.5 Å². The van der Waals surface area contributed by atoms with E-state index in [1.54, 1.807) is 7.11 Å². The van der Waals surface area contributed by atoms with Crippen LogP contribution in [0.5, 0.6) is 11.5 Å². The molecule has 5 heteroatoms. The number of aryl methyl sites for hydroxylation is 1. The fourth-order valence-corrected chi connectivity index (χ4v) is 2.85. The van der Waals surface area contributed by atoms with E-state index >= 15 is 0 Å². The Kier molecular flexibility index (Phi) is 6.05. The van der Waals surface area contributed by atoms with Gasteiger partial charge in [-0.3, -0.25) is 4.79 Å². The van der Waals surface area contributed by atoms with Gasteiger partial charge in [-0.15, -0.1) is 0 Å². The van der Waals surface area contributed by atoms with Gasteiger partial charge in [0.05, 0.1) is 14.2 Å². The van der Waals surface area contributed by atoms with Crippen LogP contribution in [0.15, 0.2) is 18.2 Å². The second kappa shape index (κ2) is 7.18. The monoisotopic (exact) mass is 324 g/mol. The third kappa shape index (κ3) is 4.50. The highest BCUT2D eigenvalue weighted by molar-refractivity contribution is 6.74. The Morgan fingerprint density at radius 1 is 1.18 bits per heavy atom. The Balaban J connectivity index is 3.04. The van der Waals surface area contributed by atoms with E-state index in [0.29, 0.717) is 12.8 Å². The molecule has 0 bridgehead atoms. The Bertz CT molecular complexity index is 518. The van der Waals surface area contributed by atoms with Crippen molar-refractivity contribution in [3.8, 4) is 11.5 Å². The molecule has 1 aromatic carbocycles. The van der Waals surface area contributed by atoms with Gasteiger partial charge in [0.15, 0.2) is 5.75 Å². The summed E-state index contributed by atoms with van der Waals surface area (Å²) in [6, 6.07) is 5.83. The number of ether oxygens (including phenoxy) is 2. The molecule has 0 aliphatic rings. The minimum absolute atomic E-state index is 0.111. The summed E-state index contributed by atoms with van der Waals surface area (Å²) >= 11 is 0. The highest BCUT2D eigenvalue weighted by Crippen LogP contribution is 2.41. The van der Waals surface area contributed by atoms with Gasteiger partial charge in [-0.2, -0.15) is 0 Å². The summed E-state index contributed by atoms with van der Waals surface area (Å²) in [5.74, 6) is 1.26. The maximum atomic E-state index is 11.3. The Labute approximate surface area is 134 Å². The Morgan fingerprint density at radius 3 is 2.32 bits per heavy atom. The first-order valence-electron chi connectivity index (χ1n) is 7.54. The van der Waals surface area contributed by atoms with Crippen LogP contribution in [0.2, 0.25) is 18.1 Å². The first-order chi connectivity index (χ1) is 10.1. The second-order valence-electron chi connectivity index (χ2n) is 6.89. The first kappa shape index (κ1) is 18.6. The summed E-state index contributed by atoms with van der Waals surface area (Å²) in [6.45, 7) is 11.0. The molecule has 0 saturated carbocycles. The zero-order valence-corrected chi connectivity index (χ0v) is 15.8. The number of hydrogen-bond donors (Lipinski definition) is 0. The van der Waals surface area contributed by atoms with Crippen LogP contribution in [0.1, 0.15) is 32.8 Å². The molecule has 1 aromatic rings. The van der Waals surface area contributed by atoms with Crippen molar-refractivity contribution < 1.29 is 18.7 Å². The van der Waals surface area contributed by atoms with Crippen molar-refractivity contribution >= 4 is 14.3 Å². The van der Waals surface area contributed by atoms with E-state index in [-0.39, 0.29) is 11.0 Å². The lowest BCUT2D eigenvalue weighted by Crippen LogP contribution is -2.43. The van der Waals surface area contributed by atoms with E-state index in [0.717, 1.165) is 17.1 Å². The molecule has 0 atom stereocenters. The molecule has 0 spiro atoms. The van der Waals surface area contributed by atoms with Crippen LogP contribution in [0, 0.1) is 0 Å². The van der Waals surface area contributed by atoms with E-state index < -0.39 is 8.32 Å².